The van der Waals surface area contributed by atoms with Crippen LogP contribution in [0.4, 0.5) is 0 Å². The van der Waals surface area contributed by atoms with Crippen molar-refractivity contribution >= 4 is 57.4 Å². The summed E-state index contributed by atoms with van der Waals surface area (Å²) in [6.45, 7) is 11.5. The zero-order valence-corrected chi connectivity index (χ0v) is 24.5. The van der Waals surface area contributed by atoms with Gasteiger partial charge in [0.1, 0.15) is 6.29 Å². The van der Waals surface area contributed by atoms with Crippen LogP contribution in [0.15, 0.2) is 54.8 Å². The number of allylic oxidation sites excluding steroid dienone is 3. The lowest BCUT2D eigenvalue weighted by atomic mass is 9.97. The smallest absolute Gasteiger partial charge is 0.330 e. The van der Waals surface area contributed by atoms with Gasteiger partial charge in [-0.3, -0.25) is 4.79 Å². The summed E-state index contributed by atoms with van der Waals surface area (Å²) in [6.07, 6.45) is 8.14. The molecule has 2 N–H and O–H groups in total. The average Bonchev–Trinajstić information content (AvgIpc) is 2.76. The van der Waals surface area contributed by atoms with Gasteiger partial charge in [-0.2, -0.15) is 0 Å². The molecule has 0 fully saturated rings. The van der Waals surface area contributed by atoms with Crippen molar-refractivity contribution in [2.75, 3.05) is 7.11 Å². The molecular formula is C25H38I2O5. The van der Waals surface area contributed by atoms with Crippen LogP contribution in [0.1, 0.15) is 54.4 Å². The van der Waals surface area contributed by atoms with Gasteiger partial charge in [0, 0.05) is 17.9 Å². The summed E-state index contributed by atoms with van der Waals surface area (Å²) in [6, 6.07) is 0. The maximum atomic E-state index is 10.9. The minimum Gasteiger partial charge on any atom is -0.466 e. The van der Waals surface area contributed by atoms with Gasteiger partial charge >= 0.3 is 5.97 Å². The minimum absolute atomic E-state index is 0.0199. The number of aliphatic hydroxyl groups is 2. The molecule has 0 aromatic heterocycles. The summed E-state index contributed by atoms with van der Waals surface area (Å²) in [4.78, 5) is 21.3. The van der Waals surface area contributed by atoms with Gasteiger partial charge in [0.2, 0.25) is 0 Å². The molecule has 5 nitrogen and oxygen atoms in total. The first kappa shape index (κ1) is 33.4. The van der Waals surface area contributed by atoms with Crippen molar-refractivity contribution in [3.8, 4) is 0 Å². The molecule has 0 aliphatic heterocycles. The van der Waals surface area contributed by atoms with E-state index in [9.17, 15) is 19.8 Å². The highest BCUT2D eigenvalue weighted by Gasteiger charge is 2.13. The second kappa shape index (κ2) is 19.7. The number of carbonyl (C=O) groups excluding carboxylic acids is 2. The van der Waals surface area contributed by atoms with Crippen molar-refractivity contribution in [2.45, 2.75) is 66.6 Å². The summed E-state index contributed by atoms with van der Waals surface area (Å²) in [5, 5.41) is 19.7. The highest BCUT2D eigenvalue weighted by molar-refractivity contribution is 14.1. The SMILES string of the molecule is C/C(C=O)=C\[C@@H](C)[C@H](O)C/C(C)=C/I.COC(=O)/C=C/C(C)=C/[C@@H](C)[C@H](O)C/C(C)=C/I. The van der Waals surface area contributed by atoms with E-state index in [1.807, 2.05) is 48.9 Å². The number of esters is 1. The summed E-state index contributed by atoms with van der Waals surface area (Å²) in [5.41, 5.74) is 3.92. The molecule has 0 unspecified atom stereocenters. The molecule has 4 atom stereocenters. The highest BCUT2D eigenvalue weighted by atomic mass is 127. The van der Waals surface area contributed by atoms with Gasteiger partial charge in [0.05, 0.1) is 19.3 Å². The van der Waals surface area contributed by atoms with Gasteiger partial charge in [-0.25, -0.2) is 4.79 Å². The van der Waals surface area contributed by atoms with Crippen molar-refractivity contribution in [1.82, 2.24) is 0 Å². The Hall–Kier alpha value is -0.780. The van der Waals surface area contributed by atoms with Crippen LogP contribution in [-0.2, 0) is 14.3 Å². The van der Waals surface area contributed by atoms with Gasteiger partial charge in [-0.05, 0) is 54.3 Å². The minimum atomic E-state index is -0.407. The predicted molar refractivity (Wildman–Crippen MR) is 150 cm³/mol. The second-order valence-corrected chi connectivity index (χ2v) is 9.21. The van der Waals surface area contributed by atoms with Crippen LogP contribution >= 0.6 is 45.2 Å². The summed E-state index contributed by atoms with van der Waals surface area (Å²) in [5.74, 6) is -0.315. The Morgan fingerprint density at radius 1 is 0.844 bits per heavy atom. The third kappa shape index (κ3) is 17.7. The normalized spacial score (nSPS) is 17.2. The molecule has 7 heteroatoms. The van der Waals surface area contributed by atoms with Gasteiger partial charge in [0.25, 0.3) is 0 Å². The standard InChI is InChI=1S/C14H21IO3.C11H17IO2/c1-10(5-6-14(17)18-4)7-12(3)13(16)8-11(2)9-15;1-8(6-12)5-11(14)10(3)4-9(2)7-13/h5-7,9,12-13,16H,8H2,1-4H3;4,6-7,10-11,14H,5H2,1-3H3/b6-5+,10-7+,11-9+;8-6+,9-4+/t12-,13-;10-,11-/m11/s1. The van der Waals surface area contributed by atoms with E-state index < -0.39 is 12.2 Å². The number of carbonyl (C=O) groups is 2. The quantitative estimate of drug-likeness (QED) is 0.0893. The van der Waals surface area contributed by atoms with E-state index in [4.69, 9.17) is 0 Å². The van der Waals surface area contributed by atoms with Crippen molar-refractivity contribution < 1.29 is 24.5 Å². The van der Waals surface area contributed by atoms with Crippen molar-refractivity contribution in [3.05, 3.63) is 54.8 Å². The van der Waals surface area contributed by atoms with Crippen molar-refractivity contribution in [3.63, 3.8) is 0 Å². The van der Waals surface area contributed by atoms with Gasteiger partial charge < -0.3 is 14.9 Å². The van der Waals surface area contributed by atoms with E-state index in [-0.39, 0.29) is 17.8 Å². The Bertz CT molecular complexity index is 720. The fraction of sp³-hybridized carbons (Fsp3) is 0.520. The van der Waals surface area contributed by atoms with E-state index in [0.717, 1.165) is 23.0 Å². The van der Waals surface area contributed by atoms with E-state index in [1.54, 1.807) is 19.1 Å². The van der Waals surface area contributed by atoms with Crippen LogP contribution in [-0.4, -0.2) is 41.8 Å². The number of rotatable bonds is 11. The first-order valence-corrected chi connectivity index (χ1v) is 12.9. The molecule has 0 heterocycles. The molecule has 0 radical (unpaired) electrons. The van der Waals surface area contributed by atoms with Crippen LogP contribution in [0.5, 0.6) is 0 Å². The predicted octanol–water partition coefficient (Wildman–Crippen LogP) is 6.25. The molecule has 0 rings (SSSR count). The van der Waals surface area contributed by atoms with Gasteiger partial charge in [0.15, 0.2) is 0 Å². The van der Waals surface area contributed by atoms with Gasteiger partial charge in [-0.15, -0.1) is 0 Å². The Kier molecular flexibility index (Phi) is 20.5. The number of halogens is 2. The molecule has 0 saturated heterocycles. The summed E-state index contributed by atoms with van der Waals surface area (Å²) < 4.78 is 8.45. The fourth-order valence-electron chi connectivity index (χ4n) is 2.53. The molecular weight excluding hydrogens is 634 g/mol. The van der Waals surface area contributed by atoms with E-state index in [1.165, 1.54) is 13.2 Å². The van der Waals surface area contributed by atoms with Crippen molar-refractivity contribution in [1.29, 1.82) is 0 Å². The lowest BCUT2D eigenvalue weighted by Gasteiger charge is -2.16. The first-order valence-electron chi connectivity index (χ1n) is 10.4. The van der Waals surface area contributed by atoms with Gasteiger partial charge in [-0.1, -0.05) is 94.0 Å². The number of hydrogen-bond donors (Lipinski definition) is 2. The van der Waals surface area contributed by atoms with E-state index >= 15 is 0 Å². The maximum Gasteiger partial charge on any atom is 0.330 e. The Morgan fingerprint density at radius 3 is 1.59 bits per heavy atom. The zero-order chi connectivity index (χ0) is 25.3. The van der Waals surface area contributed by atoms with Crippen molar-refractivity contribution in [2.24, 2.45) is 11.8 Å². The number of aliphatic hydroxyl groups excluding tert-OH is 2. The Labute approximate surface area is 221 Å². The molecule has 182 valence electrons. The fourth-order valence-corrected chi connectivity index (χ4v) is 3.04. The molecule has 32 heavy (non-hydrogen) atoms. The lowest BCUT2D eigenvalue weighted by molar-refractivity contribution is -0.134. The first-order chi connectivity index (χ1) is 14.9. The molecule has 0 bridgehead atoms. The van der Waals surface area contributed by atoms with Crippen LogP contribution in [0.3, 0.4) is 0 Å². The third-order valence-electron chi connectivity index (χ3n) is 4.57. The molecule has 0 amide bonds. The number of ether oxygens (including phenoxy) is 1. The molecule has 0 spiro atoms. The average molecular weight is 672 g/mol. The zero-order valence-electron chi connectivity index (χ0n) is 20.1. The lowest BCUT2D eigenvalue weighted by Crippen LogP contribution is -2.16. The van der Waals surface area contributed by atoms with Crippen LogP contribution in [0.2, 0.25) is 0 Å². The largest absolute Gasteiger partial charge is 0.466 e. The Balaban J connectivity index is 0. The molecule has 0 aliphatic rings. The third-order valence-corrected chi connectivity index (χ3v) is 6.70. The molecule has 0 aromatic rings. The number of aldehydes is 1. The summed E-state index contributed by atoms with van der Waals surface area (Å²) in [7, 11) is 1.34. The topological polar surface area (TPSA) is 83.8 Å². The van der Waals surface area contributed by atoms with Crippen LogP contribution in [0.25, 0.3) is 0 Å². The monoisotopic (exact) mass is 672 g/mol. The molecule has 0 saturated carbocycles. The van der Waals surface area contributed by atoms with Crippen LogP contribution in [0, 0.1) is 11.8 Å². The Morgan fingerprint density at radius 2 is 1.25 bits per heavy atom. The summed E-state index contributed by atoms with van der Waals surface area (Å²) >= 11 is 4.33. The highest BCUT2D eigenvalue weighted by Crippen LogP contribution is 2.17. The molecule has 0 aliphatic carbocycles. The van der Waals surface area contributed by atoms with E-state index in [2.05, 4.69) is 49.9 Å². The van der Waals surface area contributed by atoms with E-state index in [0.29, 0.717) is 18.4 Å². The number of methoxy groups -OCH3 is 1. The maximum absolute atomic E-state index is 10.9. The second-order valence-electron chi connectivity index (χ2n) is 7.97. The number of hydrogen-bond acceptors (Lipinski definition) is 5. The van der Waals surface area contributed by atoms with Crippen LogP contribution < -0.4 is 0 Å². The molecule has 0 aromatic carbocycles.